The fraction of sp³-hybridized carbons (Fsp3) is 0.625. The lowest BCUT2D eigenvalue weighted by Gasteiger charge is -2.06. The van der Waals surface area contributed by atoms with Crippen molar-refractivity contribution in [2.45, 2.75) is 26.4 Å². The molecule has 5 nitrogen and oxygen atoms in total. The molecule has 5 heteroatoms. The zero-order valence-corrected chi connectivity index (χ0v) is 7.86. The van der Waals surface area contributed by atoms with Crippen molar-refractivity contribution in [3.63, 3.8) is 0 Å². The number of nitrogens with zero attached hydrogens (tertiary/aromatic N) is 4. The van der Waals surface area contributed by atoms with Crippen LogP contribution in [0.5, 0.6) is 0 Å². The fourth-order valence-corrected chi connectivity index (χ4v) is 0.921. The van der Waals surface area contributed by atoms with Crippen LogP contribution in [0.1, 0.15) is 19.7 Å². The van der Waals surface area contributed by atoms with E-state index < -0.39 is 0 Å². The first-order valence-corrected chi connectivity index (χ1v) is 4.25. The second-order valence-electron chi connectivity index (χ2n) is 3.05. The van der Waals surface area contributed by atoms with Gasteiger partial charge in [-0.05, 0) is 0 Å². The Morgan fingerprint density at radius 3 is 3.00 bits per heavy atom. The van der Waals surface area contributed by atoms with E-state index in [0.717, 1.165) is 13.1 Å². The van der Waals surface area contributed by atoms with E-state index in [0.29, 0.717) is 6.04 Å². The van der Waals surface area contributed by atoms with Gasteiger partial charge in [-0.2, -0.15) is 5.26 Å². The SMILES string of the molecule is CC(C)NCCn1cnc(C#N)n1. The Labute approximate surface area is 77.4 Å². The van der Waals surface area contributed by atoms with E-state index in [9.17, 15) is 0 Å². The van der Waals surface area contributed by atoms with E-state index in [1.165, 1.54) is 0 Å². The smallest absolute Gasteiger partial charge is 0.252 e. The van der Waals surface area contributed by atoms with Crippen LogP contribution in [0.15, 0.2) is 6.33 Å². The van der Waals surface area contributed by atoms with E-state index in [-0.39, 0.29) is 5.82 Å². The minimum atomic E-state index is 0.226. The zero-order valence-electron chi connectivity index (χ0n) is 7.86. The molecule has 0 amide bonds. The van der Waals surface area contributed by atoms with Gasteiger partial charge in [-0.1, -0.05) is 13.8 Å². The molecule has 0 saturated carbocycles. The quantitative estimate of drug-likeness (QED) is 0.714. The van der Waals surface area contributed by atoms with Gasteiger partial charge in [-0.3, -0.25) is 4.68 Å². The highest BCUT2D eigenvalue weighted by Gasteiger charge is 1.98. The van der Waals surface area contributed by atoms with Gasteiger partial charge in [-0.15, -0.1) is 5.10 Å². The lowest BCUT2D eigenvalue weighted by atomic mass is 10.4. The van der Waals surface area contributed by atoms with Crippen LogP contribution in [-0.4, -0.2) is 27.4 Å². The van der Waals surface area contributed by atoms with E-state index in [2.05, 4.69) is 29.2 Å². The molecule has 0 atom stereocenters. The fourth-order valence-electron chi connectivity index (χ4n) is 0.921. The topological polar surface area (TPSA) is 66.5 Å². The maximum absolute atomic E-state index is 8.46. The van der Waals surface area contributed by atoms with Gasteiger partial charge in [0, 0.05) is 12.6 Å². The molecule has 0 aliphatic carbocycles. The summed E-state index contributed by atoms with van der Waals surface area (Å²) in [5, 5.41) is 15.6. The molecule has 0 radical (unpaired) electrons. The minimum absolute atomic E-state index is 0.226. The van der Waals surface area contributed by atoms with Crippen molar-refractivity contribution in [3.05, 3.63) is 12.2 Å². The Balaban J connectivity index is 2.34. The van der Waals surface area contributed by atoms with Crippen LogP contribution >= 0.6 is 0 Å². The first-order chi connectivity index (χ1) is 6.22. The second-order valence-corrected chi connectivity index (χ2v) is 3.05. The number of nitrogens with one attached hydrogen (secondary N) is 1. The Hall–Kier alpha value is -1.41. The number of aromatic nitrogens is 3. The van der Waals surface area contributed by atoms with Gasteiger partial charge in [0.1, 0.15) is 12.4 Å². The summed E-state index contributed by atoms with van der Waals surface area (Å²) < 4.78 is 1.66. The molecule has 0 saturated heterocycles. The average Bonchev–Trinajstić information content (AvgIpc) is 2.52. The third kappa shape index (κ3) is 3.22. The molecule has 70 valence electrons. The highest BCUT2D eigenvalue weighted by Crippen LogP contribution is 1.86. The van der Waals surface area contributed by atoms with Crippen molar-refractivity contribution in [1.82, 2.24) is 20.1 Å². The van der Waals surface area contributed by atoms with Gasteiger partial charge >= 0.3 is 0 Å². The molecule has 1 aromatic heterocycles. The van der Waals surface area contributed by atoms with E-state index in [4.69, 9.17) is 5.26 Å². The lowest BCUT2D eigenvalue weighted by molar-refractivity contribution is 0.514. The van der Waals surface area contributed by atoms with Crippen LogP contribution in [0.3, 0.4) is 0 Å². The molecule has 1 N–H and O–H groups in total. The second kappa shape index (κ2) is 4.58. The van der Waals surface area contributed by atoms with Crippen molar-refractivity contribution in [2.75, 3.05) is 6.54 Å². The molecule has 0 aliphatic rings. The Morgan fingerprint density at radius 2 is 2.46 bits per heavy atom. The zero-order chi connectivity index (χ0) is 9.68. The predicted molar refractivity (Wildman–Crippen MR) is 47.9 cm³/mol. The van der Waals surface area contributed by atoms with Gasteiger partial charge in [0.2, 0.25) is 0 Å². The molecule has 0 bridgehead atoms. The number of rotatable bonds is 4. The Morgan fingerprint density at radius 1 is 1.69 bits per heavy atom. The van der Waals surface area contributed by atoms with Crippen molar-refractivity contribution in [1.29, 1.82) is 5.26 Å². The maximum Gasteiger partial charge on any atom is 0.252 e. The van der Waals surface area contributed by atoms with E-state index >= 15 is 0 Å². The van der Waals surface area contributed by atoms with Crippen LogP contribution in [0.25, 0.3) is 0 Å². The first-order valence-electron chi connectivity index (χ1n) is 4.25. The largest absolute Gasteiger partial charge is 0.313 e. The van der Waals surface area contributed by atoms with E-state index in [1.54, 1.807) is 11.0 Å². The molecule has 0 unspecified atom stereocenters. The van der Waals surface area contributed by atoms with Crippen LogP contribution in [0.4, 0.5) is 0 Å². The molecular weight excluding hydrogens is 166 g/mol. The molecule has 0 aromatic carbocycles. The summed E-state index contributed by atoms with van der Waals surface area (Å²) in [5.74, 6) is 0.226. The van der Waals surface area contributed by atoms with Gasteiger partial charge < -0.3 is 5.32 Å². The monoisotopic (exact) mass is 179 g/mol. The molecule has 0 fully saturated rings. The highest BCUT2D eigenvalue weighted by molar-refractivity contribution is 5.05. The molecular formula is C8H13N5. The number of hydrogen-bond acceptors (Lipinski definition) is 4. The third-order valence-corrected chi connectivity index (χ3v) is 1.53. The maximum atomic E-state index is 8.46. The average molecular weight is 179 g/mol. The summed E-state index contributed by atoms with van der Waals surface area (Å²) in [6.45, 7) is 5.75. The number of nitriles is 1. The van der Waals surface area contributed by atoms with Crippen molar-refractivity contribution in [3.8, 4) is 6.07 Å². The normalized spacial score (nSPS) is 10.3. The molecule has 1 rings (SSSR count). The molecule has 13 heavy (non-hydrogen) atoms. The van der Waals surface area contributed by atoms with Gasteiger partial charge in [0.25, 0.3) is 5.82 Å². The van der Waals surface area contributed by atoms with Crippen molar-refractivity contribution < 1.29 is 0 Å². The molecule has 0 spiro atoms. The predicted octanol–water partition coefficient (Wildman–Crippen LogP) is 0.148. The summed E-state index contributed by atoms with van der Waals surface area (Å²) in [5.41, 5.74) is 0. The van der Waals surface area contributed by atoms with Gasteiger partial charge in [0.15, 0.2) is 0 Å². The summed E-state index contributed by atoms with van der Waals surface area (Å²) in [6.07, 6.45) is 1.57. The standard InChI is InChI=1S/C8H13N5/c1-7(2)10-3-4-13-6-11-8(5-9)12-13/h6-7,10H,3-4H2,1-2H3. The van der Waals surface area contributed by atoms with Crippen LogP contribution in [-0.2, 0) is 6.54 Å². The first kappa shape index (κ1) is 9.68. The number of hydrogen-bond donors (Lipinski definition) is 1. The van der Waals surface area contributed by atoms with Gasteiger partial charge in [-0.25, -0.2) is 4.98 Å². The van der Waals surface area contributed by atoms with Crippen LogP contribution in [0, 0.1) is 11.3 Å². The highest BCUT2D eigenvalue weighted by atomic mass is 15.3. The molecule has 1 heterocycles. The third-order valence-electron chi connectivity index (χ3n) is 1.53. The van der Waals surface area contributed by atoms with Crippen LogP contribution < -0.4 is 5.32 Å². The summed E-state index contributed by atoms with van der Waals surface area (Å²) in [4.78, 5) is 3.80. The molecule has 1 aromatic rings. The Bertz CT molecular complexity index is 296. The summed E-state index contributed by atoms with van der Waals surface area (Å²) >= 11 is 0. The van der Waals surface area contributed by atoms with E-state index in [1.807, 2.05) is 6.07 Å². The van der Waals surface area contributed by atoms with Crippen molar-refractivity contribution in [2.24, 2.45) is 0 Å². The van der Waals surface area contributed by atoms with Gasteiger partial charge in [0.05, 0.1) is 6.54 Å². The minimum Gasteiger partial charge on any atom is -0.313 e. The summed E-state index contributed by atoms with van der Waals surface area (Å²) in [6, 6.07) is 2.35. The lowest BCUT2D eigenvalue weighted by Crippen LogP contribution is -2.26. The van der Waals surface area contributed by atoms with Crippen LogP contribution in [0.2, 0.25) is 0 Å². The summed E-state index contributed by atoms with van der Waals surface area (Å²) in [7, 11) is 0. The molecule has 0 aliphatic heterocycles. The van der Waals surface area contributed by atoms with Crippen molar-refractivity contribution >= 4 is 0 Å². The Kier molecular flexibility index (Phi) is 3.41.